The molecule has 1 N–H and O–H groups in total. The number of cyclic esters (lactones) is 1. The molecule has 0 bridgehead atoms. The number of amides is 3. The molecule has 5 aliphatic rings. The van der Waals surface area contributed by atoms with Crippen molar-refractivity contribution in [2.24, 2.45) is 5.92 Å². The Kier molecular flexibility index (Phi) is 12.5. The molecule has 0 unspecified atom stereocenters. The van der Waals surface area contributed by atoms with Gasteiger partial charge in [0, 0.05) is 56.3 Å². The van der Waals surface area contributed by atoms with Gasteiger partial charge in [0.2, 0.25) is 17.8 Å². The van der Waals surface area contributed by atoms with E-state index < -0.39 is 64.4 Å². The van der Waals surface area contributed by atoms with E-state index in [0.717, 1.165) is 41.7 Å². The van der Waals surface area contributed by atoms with E-state index in [4.69, 9.17) is 9.47 Å². The Hall–Kier alpha value is -8.68. The third-order valence-corrected chi connectivity index (χ3v) is 14.7. The van der Waals surface area contributed by atoms with Crippen LogP contribution in [-0.4, -0.2) is 85.9 Å². The number of carbonyl (C=O) groups is 4. The minimum Gasteiger partial charge on any atom is -0.508 e. The van der Waals surface area contributed by atoms with Gasteiger partial charge in [0.25, 0.3) is 5.69 Å². The number of piperazine rings is 1. The topological polar surface area (TPSA) is 189 Å². The van der Waals surface area contributed by atoms with Crippen LogP contribution in [0, 0.1) is 27.9 Å². The number of hydrogen-bond acceptors (Lipinski definition) is 13. The Balaban J connectivity index is 1.13. The van der Waals surface area contributed by atoms with Crippen LogP contribution in [0.3, 0.4) is 0 Å². The highest BCUT2D eigenvalue weighted by Crippen LogP contribution is 2.66. The average molecular weight is 976 g/mol. The van der Waals surface area contributed by atoms with Crippen LogP contribution in [0.15, 0.2) is 158 Å². The summed E-state index contributed by atoms with van der Waals surface area (Å²) in [7, 11) is 0. The standard InChI is InChI=1S/C57H49N7O9/c65-44-26-22-42(23-27-44)51-57(45-35-38(18-17-37-11-4-1-5-12-37)21-28-46(45)62(54(57)68)56(69)72-36-39-19-24-43(25-20-39)64(70)71)47(52(66)60-31-33-61(34-32-60)55-58-29-10-30-59-55)49-53(67)73-50(41-15-8-3-9-16-41)48(63(49)51)40-13-6-2-7-14-40/h2-3,6-11,13-16,19-30,35,47-51,65H,1,4-5,12,31-34,36H2/t47-,48-,49-,50+,51+,57-/m0/s1. The number of phenolic OH excluding ortho intramolecular Hbond substituents is 1. The molecule has 1 aliphatic carbocycles. The molecule has 73 heavy (non-hydrogen) atoms. The number of nitro benzene ring substituents is 1. The maximum atomic E-state index is 16.7. The second-order valence-corrected chi connectivity index (χ2v) is 18.8. The Bertz CT molecular complexity index is 3190. The van der Waals surface area contributed by atoms with Gasteiger partial charge in [-0.15, -0.1) is 0 Å². The molecule has 1 spiro atoms. The van der Waals surface area contributed by atoms with Crippen molar-refractivity contribution in [1.82, 2.24) is 19.8 Å². The van der Waals surface area contributed by atoms with Crippen LogP contribution < -0.4 is 9.80 Å². The van der Waals surface area contributed by atoms with Crippen molar-refractivity contribution in [3.05, 3.63) is 201 Å². The van der Waals surface area contributed by atoms with Gasteiger partial charge in [-0.2, -0.15) is 0 Å². The Morgan fingerprint density at radius 1 is 0.795 bits per heavy atom. The lowest BCUT2D eigenvalue weighted by molar-refractivity contribution is -0.384. The molecular weight excluding hydrogens is 927 g/mol. The second kappa shape index (κ2) is 19.5. The van der Waals surface area contributed by atoms with Crippen molar-refractivity contribution < 1.29 is 38.7 Å². The van der Waals surface area contributed by atoms with Crippen molar-refractivity contribution in [2.45, 2.75) is 61.9 Å². The Morgan fingerprint density at radius 2 is 1.49 bits per heavy atom. The number of aromatic hydroxyl groups is 1. The first-order chi connectivity index (χ1) is 35.6. The van der Waals surface area contributed by atoms with Gasteiger partial charge in [-0.05, 0) is 108 Å². The maximum Gasteiger partial charge on any atom is 0.421 e. The van der Waals surface area contributed by atoms with Gasteiger partial charge in [-0.1, -0.05) is 90.7 Å². The lowest BCUT2D eigenvalue weighted by Gasteiger charge is -2.46. The molecule has 16 heteroatoms. The van der Waals surface area contributed by atoms with Crippen molar-refractivity contribution in [1.29, 1.82) is 0 Å². The van der Waals surface area contributed by atoms with E-state index in [2.05, 4.69) is 27.9 Å². The number of anilines is 2. The number of phenols is 1. The number of carbonyl (C=O) groups excluding carboxylic acids is 4. The van der Waals surface area contributed by atoms with Crippen LogP contribution in [0.1, 0.15) is 77.3 Å². The first-order valence-corrected chi connectivity index (χ1v) is 24.4. The summed E-state index contributed by atoms with van der Waals surface area (Å²) in [5.74, 6) is 3.55. The number of nitrogens with zero attached hydrogens (tertiary/aromatic N) is 7. The molecule has 5 aromatic carbocycles. The SMILES string of the molecule is O=C1O[C@H](c2ccccc2)[C@H](c2ccccc2)N2[C@H]1[C@@H](C(=O)N1CCN(c3ncccn3)CC1)[C@]1(C(=O)N(C(=O)OCc3ccc([N+](=O)[O-])cc3)c3ccc(C#CC4=CCCCC4)cc31)[C@H]2c1ccc(O)cc1. The molecule has 4 aliphatic heterocycles. The van der Waals surface area contributed by atoms with Crippen molar-refractivity contribution in [3.8, 4) is 17.6 Å². The smallest absolute Gasteiger partial charge is 0.421 e. The second-order valence-electron chi connectivity index (χ2n) is 18.8. The van der Waals surface area contributed by atoms with Gasteiger partial charge >= 0.3 is 12.1 Å². The van der Waals surface area contributed by atoms with Crippen LogP contribution in [0.4, 0.5) is 22.1 Å². The van der Waals surface area contributed by atoms with Crippen LogP contribution >= 0.6 is 0 Å². The first-order valence-electron chi connectivity index (χ1n) is 24.4. The third kappa shape index (κ3) is 8.40. The number of hydrogen-bond donors (Lipinski definition) is 1. The predicted molar refractivity (Wildman–Crippen MR) is 268 cm³/mol. The summed E-state index contributed by atoms with van der Waals surface area (Å²) in [6.07, 6.45) is 7.24. The number of morpholine rings is 1. The Morgan fingerprint density at radius 3 is 2.16 bits per heavy atom. The molecule has 16 nitrogen and oxygen atoms in total. The summed E-state index contributed by atoms with van der Waals surface area (Å²) in [5, 5.41) is 22.3. The monoisotopic (exact) mass is 975 g/mol. The van der Waals surface area contributed by atoms with Crippen molar-refractivity contribution in [2.75, 3.05) is 36.0 Å². The summed E-state index contributed by atoms with van der Waals surface area (Å²) in [5.41, 5.74) is 2.03. The molecule has 366 valence electrons. The third-order valence-electron chi connectivity index (χ3n) is 14.7. The molecular formula is C57H49N7O9. The number of ether oxygens (including phenoxy) is 2. The molecule has 0 radical (unpaired) electrons. The van der Waals surface area contributed by atoms with E-state index >= 15 is 14.4 Å². The molecule has 1 aromatic heterocycles. The van der Waals surface area contributed by atoms with Crippen LogP contribution in [-0.2, 0) is 35.9 Å². The zero-order valence-corrected chi connectivity index (χ0v) is 39.5. The van der Waals surface area contributed by atoms with E-state index in [0.29, 0.717) is 41.3 Å². The van der Waals surface area contributed by atoms with Gasteiger partial charge in [-0.3, -0.25) is 29.4 Å². The van der Waals surface area contributed by atoms with E-state index in [1.54, 1.807) is 53.7 Å². The highest BCUT2D eigenvalue weighted by atomic mass is 16.6. The number of aromatic nitrogens is 2. The predicted octanol–water partition coefficient (Wildman–Crippen LogP) is 8.29. The molecule has 6 aromatic rings. The molecule has 3 fully saturated rings. The van der Waals surface area contributed by atoms with Crippen LogP contribution in [0.2, 0.25) is 0 Å². The lowest BCUT2D eigenvalue weighted by Crippen LogP contribution is -2.59. The summed E-state index contributed by atoms with van der Waals surface area (Å²) >= 11 is 0. The number of allylic oxidation sites excluding steroid dienone is 2. The van der Waals surface area contributed by atoms with Crippen LogP contribution in [0.25, 0.3) is 0 Å². The number of fused-ring (bicyclic) bond motifs is 3. The first kappa shape index (κ1) is 46.7. The summed E-state index contributed by atoms with van der Waals surface area (Å²) in [6, 6.07) is 34.2. The minimum atomic E-state index is -2.07. The molecule has 11 rings (SSSR count). The molecule has 5 heterocycles. The highest BCUT2D eigenvalue weighted by molar-refractivity contribution is 6.23. The average Bonchev–Trinajstić information content (AvgIpc) is 3.89. The van der Waals surface area contributed by atoms with Gasteiger partial charge in [-0.25, -0.2) is 19.7 Å². The molecule has 0 saturated carbocycles. The molecule has 3 saturated heterocycles. The fourth-order valence-corrected chi connectivity index (χ4v) is 11.4. The fraction of sp³-hybridized carbons (Fsp3) is 0.263. The number of non-ortho nitro benzene ring substituents is 1. The maximum absolute atomic E-state index is 16.7. The largest absolute Gasteiger partial charge is 0.508 e. The number of imide groups is 1. The molecule has 3 amide bonds. The van der Waals surface area contributed by atoms with Gasteiger partial charge in [0.1, 0.15) is 29.9 Å². The Labute approximate surface area is 420 Å². The lowest BCUT2D eigenvalue weighted by atomic mass is 9.65. The normalized spacial score (nSPS) is 23.4. The van der Waals surface area contributed by atoms with E-state index in [1.165, 1.54) is 36.4 Å². The van der Waals surface area contributed by atoms with Crippen LogP contribution in [0.5, 0.6) is 5.75 Å². The van der Waals surface area contributed by atoms with Gasteiger partial charge in [0.15, 0.2) is 0 Å². The van der Waals surface area contributed by atoms with Crippen molar-refractivity contribution in [3.63, 3.8) is 0 Å². The number of esters is 1. The molecule has 6 atom stereocenters. The summed E-state index contributed by atoms with van der Waals surface area (Å²) in [4.78, 5) is 89.8. The zero-order valence-electron chi connectivity index (χ0n) is 39.5. The number of nitro groups is 1. The van der Waals surface area contributed by atoms with Crippen molar-refractivity contribution >= 4 is 41.2 Å². The highest BCUT2D eigenvalue weighted by Gasteiger charge is 2.76. The van der Waals surface area contributed by atoms with E-state index in [1.807, 2.05) is 70.5 Å². The van der Waals surface area contributed by atoms with Gasteiger partial charge in [0.05, 0.1) is 28.6 Å². The van der Waals surface area contributed by atoms with E-state index in [-0.39, 0.29) is 42.4 Å². The zero-order chi connectivity index (χ0) is 50.2. The fourth-order valence-electron chi connectivity index (χ4n) is 11.4. The van der Waals surface area contributed by atoms with E-state index in [9.17, 15) is 20.0 Å². The summed E-state index contributed by atoms with van der Waals surface area (Å²) in [6.45, 7) is 0.718. The van der Waals surface area contributed by atoms with Gasteiger partial charge < -0.3 is 24.4 Å². The quantitative estimate of drug-likeness (QED) is 0.0665. The summed E-state index contributed by atoms with van der Waals surface area (Å²) < 4.78 is 12.6. The number of benzene rings is 5. The minimum absolute atomic E-state index is 0.0516. The number of rotatable bonds is 8.